The first-order valence-electron chi connectivity index (χ1n) is 2.55. The van der Waals surface area contributed by atoms with Crippen LogP contribution in [0.1, 0.15) is 6.92 Å². The largest absolute Gasteiger partial charge is 0.465 e. The molecule has 0 bridgehead atoms. The topological polar surface area (TPSA) is 64.4 Å². The maximum Gasteiger partial charge on any atom is 0.282 e. The molecular weight excluding hydrogens is 120 g/mol. The second-order valence-corrected chi connectivity index (χ2v) is 1.96. The van der Waals surface area contributed by atoms with Gasteiger partial charge in [0.05, 0.1) is 0 Å². The van der Waals surface area contributed by atoms with Crippen molar-refractivity contribution in [2.75, 3.05) is 0 Å². The minimum absolute atomic E-state index is 0.521. The zero-order valence-corrected chi connectivity index (χ0v) is 5.05. The molecule has 0 radical (unpaired) electrons. The number of hydrogen-bond donors (Lipinski definition) is 2. The Kier molecular flexibility index (Phi) is 1.09. The lowest BCUT2D eigenvalue weighted by atomic mass is 10.2. The van der Waals surface area contributed by atoms with Gasteiger partial charge in [-0.05, 0) is 0 Å². The molecule has 1 aliphatic rings. The van der Waals surface area contributed by atoms with Gasteiger partial charge in [-0.3, -0.25) is 4.79 Å². The van der Waals surface area contributed by atoms with Crippen LogP contribution in [0.3, 0.4) is 0 Å². The number of carbonyl (C=O) groups is 1. The van der Waals surface area contributed by atoms with Crippen LogP contribution >= 0.6 is 0 Å². The highest BCUT2D eigenvalue weighted by molar-refractivity contribution is 5.83. The highest BCUT2D eigenvalue weighted by Gasteiger charge is 2.33. The van der Waals surface area contributed by atoms with Crippen molar-refractivity contribution in [2.24, 2.45) is 5.73 Å². The van der Waals surface area contributed by atoms with E-state index in [4.69, 9.17) is 10.5 Å². The summed E-state index contributed by atoms with van der Waals surface area (Å²) in [5.74, 6) is -0.521. The van der Waals surface area contributed by atoms with Crippen LogP contribution in [0.15, 0.2) is 12.5 Å². The molecule has 1 heterocycles. The molecule has 0 aliphatic carbocycles. The van der Waals surface area contributed by atoms with Gasteiger partial charge in [-0.25, -0.2) is 0 Å². The molecule has 1 amide bonds. The monoisotopic (exact) mass is 128 g/mol. The van der Waals surface area contributed by atoms with E-state index in [1.165, 1.54) is 12.5 Å². The van der Waals surface area contributed by atoms with E-state index in [2.05, 4.69) is 5.32 Å². The summed E-state index contributed by atoms with van der Waals surface area (Å²) in [5.41, 5.74) is 3.94. The fraction of sp³-hybridized carbons (Fsp3) is 0.400. The Morgan fingerprint density at radius 2 is 2.56 bits per heavy atom. The second kappa shape index (κ2) is 1.65. The highest BCUT2D eigenvalue weighted by atomic mass is 16.5. The van der Waals surface area contributed by atoms with Crippen LogP contribution in [0.2, 0.25) is 0 Å². The Morgan fingerprint density at radius 1 is 1.89 bits per heavy atom. The third-order valence-corrected chi connectivity index (χ3v) is 1.20. The summed E-state index contributed by atoms with van der Waals surface area (Å²) in [5, 5.41) is 2.66. The van der Waals surface area contributed by atoms with Gasteiger partial charge in [-0.1, -0.05) is 0 Å². The molecule has 0 saturated heterocycles. The zero-order chi connectivity index (χ0) is 6.91. The van der Waals surface area contributed by atoms with E-state index in [-0.39, 0.29) is 0 Å². The van der Waals surface area contributed by atoms with Gasteiger partial charge in [0, 0.05) is 13.1 Å². The second-order valence-electron chi connectivity index (χ2n) is 1.96. The molecule has 1 atom stereocenters. The summed E-state index contributed by atoms with van der Waals surface area (Å²) in [6, 6.07) is 0. The lowest BCUT2D eigenvalue weighted by Gasteiger charge is -2.19. The molecule has 0 aromatic carbocycles. The standard InChI is InChI=1S/C5H8N2O2/c1-5(4(6)8)7-2-3-9-5/h2-3,7H,1H3,(H2,6,8). The molecule has 0 spiro atoms. The summed E-state index contributed by atoms with van der Waals surface area (Å²) < 4.78 is 4.84. The first kappa shape index (κ1) is 5.94. The van der Waals surface area contributed by atoms with Crippen molar-refractivity contribution in [3.8, 4) is 0 Å². The number of ether oxygens (including phenoxy) is 1. The molecule has 9 heavy (non-hydrogen) atoms. The summed E-state index contributed by atoms with van der Waals surface area (Å²) in [4.78, 5) is 10.5. The van der Waals surface area contributed by atoms with Crippen molar-refractivity contribution >= 4 is 5.91 Å². The quantitative estimate of drug-likeness (QED) is 0.489. The van der Waals surface area contributed by atoms with E-state index < -0.39 is 11.6 Å². The molecule has 1 rings (SSSR count). The van der Waals surface area contributed by atoms with Crippen molar-refractivity contribution in [3.05, 3.63) is 12.5 Å². The van der Waals surface area contributed by atoms with Gasteiger partial charge in [-0.15, -0.1) is 0 Å². The van der Waals surface area contributed by atoms with Gasteiger partial charge in [-0.2, -0.15) is 0 Å². The van der Waals surface area contributed by atoms with Gasteiger partial charge >= 0.3 is 0 Å². The fourth-order valence-corrected chi connectivity index (χ4v) is 0.526. The van der Waals surface area contributed by atoms with Gasteiger partial charge in [0.25, 0.3) is 11.6 Å². The van der Waals surface area contributed by atoms with Crippen LogP contribution < -0.4 is 11.1 Å². The zero-order valence-electron chi connectivity index (χ0n) is 5.05. The number of rotatable bonds is 1. The Labute approximate surface area is 52.7 Å². The Balaban J connectivity index is 2.66. The molecule has 4 nitrogen and oxygen atoms in total. The van der Waals surface area contributed by atoms with E-state index in [0.717, 1.165) is 0 Å². The molecule has 0 fully saturated rings. The van der Waals surface area contributed by atoms with Crippen molar-refractivity contribution < 1.29 is 9.53 Å². The maximum atomic E-state index is 10.5. The van der Waals surface area contributed by atoms with Crippen molar-refractivity contribution in [2.45, 2.75) is 12.6 Å². The fourth-order valence-electron chi connectivity index (χ4n) is 0.526. The van der Waals surface area contributed by atoms with E-state index in [9.17, 15) is 4.79 Å². The minimum atomic E-state index is -1.03. The smallest absolute Gasteiger partial charge is 0.282 e. The average molecular weight is 128 g/mol. The third-order valence-electron chi connectivity index (χ3n) is 1.20. The van der Waals surface area contributed by atoms with Gasteiger partial charge < -0.3 is 15.8 Å². The van der Waals surface area contributed by atoms with Gasteiger partial charge in [0.15, 0.2) is 0 Å². The molecular formula is C5H8N2O2. The predicted molar refractivity (Wildman–Crippen MR) is 31.0 cm³/mol. The number of primary amides is 1. The number of hydrogen-bond acceptors (Lipinski definition) is 3. The van der Waals surface area contributed by atoms with Crippen LogP contribution in [0.4, 0.5) is 0 Å². The van der Waals surface area contributed by atoms with Crippen LogP contribution in [0.25, 0.3) is 0 Å². The molecule has 0 aromatic heterocycles. The van der Waals surface area contributed by atoms with Crippen molar-refractivity contribution in [3.63, 3.8) is 0 Å². The number of amides is 1. The number of carbonyl (C=O) groups excluding carboxylic acids is 1. The lowest BCUT2D eigenvalue weighted by Crippen LogP contribution is -2.49. The third kappa shape index (κ3) is 0.826. The maximum absolute atomic E-state index is 10.5. The Hall–Kier alpha value is -1.19. The molecule has 3 N–H and O–H groups in total. The van der Waals surface area contributed by atoms with Crippen LogP contribution in [-0.2, 0) is 9.53 Å². The van der Waals surface area contributed by atoms with Crippen LogP contribution in [0.5, 0.6) is 0 Å². The molecule has 50 valence electrons. The Bertz CT molecular complexity index is 156. The first-order valence-corrected chi connectivity index (χ1v) is 2.55. The summed E-state index contributed by atoms with van der Waals surface area (Å²) in [7, 11) is 0. The number of nitrogens with one attached hydrogen (secondary N) is 1. The van der Waals surface area contributed by atoms with Gasteiger partial charge in [0.1, 0.15) is 6.26 Å². The molecule has 0 aromatic rings. The highest BCUT2D eigenvalue weighted by Crippen LogP contribution is 2.10. The van der Waals surface area contributed by atoms with Crippen LogP contribution in [-0.4, -0.2) is 11.6 Å². The van der Waals surface area contributed by atoms with Crippen LogP contribution in [0, 0.1) is 0 Å². The normalized spacial score (nSPS) is 31.2. The van der Waals surface area contributed by atoms with E-state index in [1.54, 1.807) is 6.92 Å². The predicted octanol–water partition coefficient (Wildman–Crippen LogP) is -0.721. The van der Waals surface area contributed by atoms with Crippen molar-refractivity contribution in [1.82, 2.24) is 5.32 Å². The van der Waals surface area contributed by atoms with E-state index in [0.29, 0.717) is 0 Å². The average Bonchev–Trinajstić information content (AvgIpc) is 2.16. The van der Waals surface area contributed by atoms with E-state index in [1.807, 2.05) is 0 Å². The van der Waals surface area contributed by atoms with Crippen molar-refractivity contribution in [1.29, 1.82) is 0 Å². The number of nitrogens with two attached hydrogens (primary N) is 1. The first-order chi connectivity index (χ1) is 4.15. The van der Waals surface area contributed by atoms with Gasteiger partial charge in [0.2, 0.25) is 0 Å². The summed E-state index contributed by atoms with van der Waals surface area (Å²) in [6.07, 6.45) is 2.93. The SMILES string of the molecule is CC1(C(N)=O)NC=CO1. The molecule has 1 aliphatic heterocycles. The molecule has 1 unspecified atom stereocenters. The molecule has 4 heteroatoms. The van der Waals surface area contributed by atoms with E-state index >= 15 is 0 Å². The minimum Gasteiger partial charge on any atom is -0.465 e. The lowest BCUT2D eigenvalue weighted by molar-refractivity contribution is -0.135. The molecule has 0 saturated carbocycles. The summed E-state index contributed by atoms with van der Waals surface area (Å²) >= 11 is 0. The Morgan fingerprint density at radius 3 is 2.78 bits per heavy atom. The summed E-state index contributed by atoms with van der Waals surface area (Å²) in [6.45, 7) is 1.56.